The van der Waals surface area contributed by atoms with Crippen LogP contribution in [0, 0.1) is 11.3 Å². The van der Waals surface area contributed by atoms with Gasteiger partial charge in [0.15, 0.2) is 12.3 Å². The molecule has 34 heavy (non-hydrogen) atoms. The average molecular weight is 490 g/mol. The monoisotopic (exact) mass is 489 g/mol. The molecule has 1 amide bonds. The van der Waals surface area contributed by atoms with E-state index in [9.17, 15) is 25.2 Å². The zero-order chi connectivity index (χ0) is 25.4. The van der Waals surface area contributed by atoms with Gasteiger partial charge in [-0.2, -0.15) is 0 Å². The fourth-order valence-corrected chi connectivity index (χ4v) is 4.84. The van der Waals surface area contributed by atoms with Gasteiger partial charge in [0.1, 0.15) is 19.0 Å². The van der Waals surface area contributed by atoms with Crippen LogP contribution in [0.1, 0.15) is 40.5 Å². The summed E-state index contributed by atoms with van der Waals surface area (Å²) in [7, 11) is 1.35. The highest BCUT2D eigenvalue weighted by Gasteiger charge is 2.56. The van der Waals surface area contributed by atoms with E-state index in [2.05, 4.69) is 11.9 Å². The molecule has 0 radical (unpaired) electrons. The molecular formula is C23H39NO10. The first-order valence-electron chi connectivity index (χ1n) is 11.6. The minimum atomic E-state index is -1.70. The van der Waals surface area contributed by atoms with Crippen LogP contribution in [0.2, 0.25) is 0 Å². The van der Waals surface area contributed by atoms with Gasteiger partial charge in [0.2, 0.25) is 5.79 Å². The first-order valence-corrected chi connectivity index (χ1v) is 11.6. The van der Waals surface area contributed by atoms with Crippen molar-refractivity contribution in [2.75, 3.05) is 20.5 Å². The third-order valence-electron chi connectivity index (χ3n) is 7.55. The normalized spacial score (nSPS) is 41.9. The van der Waals surface area contributed by atoms with E-state index in [0.717, 1.165) is 5.57 Å². The summed E-state index contributed by atoms with van der Waals surface area (Å²) in [5, 5.41) is 43.8. The molecule has 0 aromatic carbocycles. The van der Waals surface area contributed by atoms with Crippen LogP contribution >= 0.6 is 0 Å². The van der Waals surface area contributed by atoms with Crippen LogP contribution in [0.3, 0.4) is 0 Å². The predicted octanol–water partition coefficient (Wildman–Crippen LogP) is -0.596. The van der Waals surface area contributed by atoms with E-state index in [1.165, 1.54) is 7.11 Å². The second kappa shape index (κ2) is 10.5. The molecular weight excluding hydrogens is 450 g/mol. The Morgan fingerprint density at radius 3 is 2.53 bits per heavy atom. The van der Waals surface area contributed by atoms with Crippen LogP contribution in [-0.4, -0.2) is 102 Å². The maximum absolute atomic E-state index is 13.1. The molecule has 3 saturated heterocycles. The Bertz CT molecular complexity index is 747. The van der Waals surface area contributed by atoms with Crippen molar-refractivity contribution in [2.45, 2.75) is 95.3 Å². The lowest BCUT2D eigenvalue weighted by atomic mass is 9.72. The van der Waals surface area contributed by atoms with Crippen molar-refractivity contribution < 1.29 is 48.9 Å². The lowest BCUT2D eigenvalue weighted by Gasteiger charge is -2.53. The Hall–Kier alpha value is -1.15. The van der Waals surface area contributed by atoms with Gasteiger partial charge in [-0.3, -0.25) is 4.79 Å². The van der Waals surface area contributed by atoms with E-state index in [4.69, 9.17) is 23.7 Å². The molecule has 196 valence electrons. The Morgan fingerprint density at radius 1 is 1.26 bits per heavy atom. The molecule has 3 fully saturated rings. The van der Waals surface area contributed by atoms with Gasteiger partial charge >= 0.3 is 0 Å². The van der Waals surface area contributed by atoms with E-state index in [1.54, 1.807) is 13.8 Å². The molecule has 0 aromatic rings. The number of methoxy groups -OCH3 is 1. The number of hydrogen-bond acceptors (Lipinski definition) is 10. The van der Waals surface area contributed by atoms with Crippen LogP contribution in [0.4, 0.5) is 0 Å². The third-order valence-corrected chi connectivity index (χ3v) is 7.55. The number of carbonyl (C=O) groups excluding carboxylic acids is 1. The quantitative estimate of drug-likeness (QED) is 0.293. The topological polar surface area (TPSA) is 156 Å². The Morgan fingerprint density at radius 2 is 1.94 bits per heavy atom. The molecule has 0 bridgehead atoms. The zero-order valence-electron chi connectivity index (χ0n) is 20.5. The number of amides is 1. The molecule has 0 saturated carbocycles. The summed E-state index contributed by atoms with van der Waals surface area (Å²) in [6.07, 6.45) is -7.36. The van der Waals surface area contributed by atoms with Gasteiger partial charge in [-0.1, -0.05) is 32.9 Å². The highest BCUT2D eigenvalue weighted by molar-refractivity contribution is 5.82. The molecule has 0 aliphatic carbocycles. The van der Waals surface area contributed by atoms with Crippen LogP contribution in [0.5, 0.6) is 0 Å². The number of carbonyl (C=O) groups is 1. The van der Waals surface area contributed by atoms with Crippen LogP contribution in [0.15, 0.2) is 12.2 Å². The minimum Gasteiger partial charge on any atom is -0.394 e. The van der Waals surface area contributed by atoms with Crippen molar-refractivity contribution in [3.8, 4) is 0 Å². The number of ether oxygens (including phenoxy) is 5. The number of aliphatic hydroxyl groups is 4. The van der Waals surface area contributed by atoms with E-state index >= 15 is 0 Å². The second-order valence-corrected chi connectivity index (χ2v) is 10.1. The third kappa shape index (κ3) is 5.04. The van der Waals surface area contributed by atoms with E-state index in [-0.39, 0.29) is 31.7 Å². The molecule has 3 rings (SSSR count). The van der Waals surface area contributed by atoms with Gasteiger partial charge in [0.05, 0.1) is 31.0 Å². The number of hydrogen-bond donors (Lipinski definition) is 5. The number of aliphatic hydroxyl groups excluding tert-OH is 4. The summed E-state index contributed by atoms with van der Waals surface area (Å²) in [4.78, 5) is 13.1. The molecule has 11 heteroatoms. The summed E-state index contributed by atoms with van der Waals surface area (Å²) in [5.74, 6) is -2.39. The van der Waals surface area contributed by atoms with Crippen LogP contribution < -0.4 is 5.32 Å². The lowest BCUT2D eigenvalue weighted by molar-refractivity contribution is -0.330. The van der Waals surface area contributed by atoms with Crippen molar-refractivity contribution in [3.05, 3.63) is 12.2 Å². The fourth-order valence-electron chi connectivity index (χ4n) is 4.84. The van der Waals surface area contributed by atoms with Crippen molar-refractivity contribution in [2.24, 2.45) is 11.3 Å². The Kier molecular flexibility index (Phi) is 8.44. The molecule has 11 nitrogen and oxygen atoms in total. The first kappa shape index (κ1) is 27.4. The molecule has 10 unspecified atom stereocenters. The molecule has 3 heterocycles. The summed E-state index contributed by atoms with van der Waals surface area (Å²) >= 11 is 0. The summed E-state index contributed by atoms with van der Waals surface area (Å²) in [5.41, 5.74) is -0.0209. The highest BCUT2D eigenvalue weighted by Crippen LogP contribution is 2.42. The van der Waals surface area contributed by atoms with Crippen molar-refractivity contribution >= 4 is 5.91 Å². The number of rotatable bonds is 7. The SMILES string of the molecule is C=C1CC(OC)(C(O)C(=O)NC2OCOC3C2OC(CC(O)CO)C(C)(C)C3O)OC(C)C1C. The molecule has 0 spiro atoms. The molecule has 0 aromatic heterocycles. The average Bonchev–Trinajstić information content (AvgIpc) is 2.80. The van der Waals surface area contributed by atoms with Gasteiger partial charge in [-0.25, -0.2) is 0 Å². The maximum Gasteiger partial charge on any atom is 0.256 e. The van der Waals surface area contributed by atoms with Gasteiger partial charge < -0.3 is 49.4 Å². The second-order valence-electron chi connectivity index (χ2n) is 10.1. The molecule has 3 aliphatic rings. The van der Waals surface area contributed by atoms with Gasteiger partial charge in [0, 0.05) is 31.3 Å². The van der Waals surface area contributed by atoms with Gasteiger partial charge in [-0.15, -0.1) is 0 Å². The van der Waals surface area contributed by atoms with Gasteiger partial charge in [-0.05, 0) is 6.92 Å². The Labute approximate surface area is 200 Å². The molecule has 10 atom stereocenters. The number of nitrogens with one attached hydrogen (secondary N) is 1. The first-order chi connectivity index (χ1) is 15.9. The largest absolute Gasteiger partial charge is 0.394 e. The number of fused-ring (bicyclic) bond motifs is 1. The fraction of sp³-hybridized carbons (Fsp3) is 0.870. The highest BCUT2D eigenvalue weighted by atomic mass is 16.7. The standard InChI is InChI=1S/C23H39NO10/c1-11-8-23(30-6,34-13(3)12(11)2)19(28)20(29)24-21-17-16(31-10-32-21)18(27)22(4,5)15(33-17)7-14(26)9-25/h12-19,21,25-28H,1,7-10H2,2-6H3,(H,24,29). The Balaban J connectivity index is 1.76. The maximum atomic E-state index is 13.1. The van der Waals surface area contributed by atoms with E-state index in [0.29, 0.717) is 0 Å². The van der Waals surface area contributed by atoms with Crippen LogP contribution in [-0.2, 0) is 28.5 Å². The van der Waals surface area contributed by atoms with E-state index in [1.807, 2.05) is 13.8 Å². The van der Waals surface area contributed by atoms with Crippen molar-refractivity contribution in [1.82, 2.24) is 5.32 Å². The summed E-state index contributed by atoms with van der Waals surface area (Å²) in [6, 6.07) is 0. The smallest absolute Gasteiger partial charge is 0.256 e. The minimum absolute atomic E-state index is 0.0322. The van der Waals surface area contributed by atoms with Gasteiger partial charge in [0.25, 0.3) is 5.91 Å². The molecule has 5 N–H and O–H groups in total. The van der Waals surface area contributed by atoms with Crippen molar-refractivity contribution in [3.63, 3.8) is 0 Å². The molecule has 3 aliphatic heterocycles. The van der Waals surface area contributed by atoms with E-state index < -0.39 is 66.6 Å². The summed E-state index contributed by atoms with van der Waals surface area (Å²) < 4.78 is 28.7. The predicted molar refractivity (Wildman–Crippen MR) is 118 cm³/mol. The van der Waals surface area contributed by atoms with Crippen molar-refractivity contribution in [1.29, 1.82) is 0 Å². The van der Waals surface area contributed by atoms with Crippen LogP contribution in [0.25, 0.3) is 0 Å². The lowest BCUT2D eigenvalue weighted by Crippen LogP contribution is -2.69. The zero-order valence-corrected chi connectivity index (χ0v) is 20.5. The summed E-state index contributed by atoms with van der Waals surface area (Å²) in [6.45, 7) is 10.7.